The average Bonchev–Trinajstić information content (AvgIpc) is 2.78. The number of esters is 1. The van der Waals surface area contributed by atoms with Gasteiger partial charge in [0.25, 0.3) is 5.91 Å². The molecular weight excluding hydrogens is 378 g/mol. The van der Waals surface area contributed by atoms with Gasteiger partial charge in [0.15, 0.2) is 6.10 Å². The lowest BCUT2D eigenvalue weighted by Gasteiger charge is -2.30. The normalized spacial score (nSPS) is 14.0. The minimum atomic E-state index is -0.848. The third-order valence-electron chi connectivity index (χ3n) is 5.40. The molecule has 152 valence electrons. The van der Waals surface area contributed by atoms with Crippen molar-refractivity contribution >= 4 is 11.9 Å². The number of rotatable bonds is 4. The molecule has 1 aliphatic rings. The molecule has 0 radical (unpaired) electrons. The predicted molar refractivity (Wildman–Crippen MR) is 114 cm³/mol. The van der Waals surface area contributed by atoms with Crippen molar-refractivity contribution in [3.8, 4) is 16.9 Å². The number of benzene rings is 3. The minimum Gasteiger partial charge on any atom is -0.508 e. The predicted octanol–water partition coefficient (Wildman–Crippen LogP) is 4.19. The lowest BCUT2D eigenvalue weighted by molar-refractivity contribution is -0.140. The van der Waals surface area contributed by atoms with Crippen LogP contribution >= 0.6 is 0 Å². The molecular formula is C25H23NO4. The molecule has 1 heterocycles. The smallest absolute Gasteiger partial charge is 0.338 e. The van der Waals surface area contributed by atoms with E-state index in [0.717, 1.165) is 23.1 Å². The molecule has 5 nitrogen and oxygen atoms in total. The van der Waals surface area contributed by atoms with Gasteiger partial charge in [-0.15, -0.1) is 0 Å². The molecule has 0 saturated carbocycles. The topological polar surface area (TPSA) is 66.8 Å². The van der Waals surface area contributed by atoms with Crippen molar-refractivity contribution in [1.82, 2.24) is 4.90 Å². The van der Waals surface area contributed by atoms with Gasteiger partial charge in [0.2, 0.25) is 0 Å². The minimum absolute atomic E-state index is 0.182. The highest BCUT2D eigenvalue weighted by molar-refractivity contribution is 5.92. The van der Waals surface area contributed by atoms with Crippen molar-refractivity contribution < 1.29 is 19.4 Å². The molecule has 0 bridgehead atoms. The fourth-order valence-corrected chi connectivity index (χ4v) is 3.67. The van der Waals surface area contributed by atoms with Crippen molar-refractivity contribution in [2.75, 3.05) is 6.54 Å². The largest absolute Gasteiger partial charge is 0.508 e. The van der Waals surface area contributed by atoms with Crippen molar-refractivity contribution in [2.45, 2.75) is 26.0 Å². The molecule has 1 N–H and O–H groups in total. The SMILES string of the molecule is C[C@@H](OC(=O)c1ccc(-c2ccc(O)cc2)cc1)C(=O)N1CCc2ccccc2C1. The summed E-state index contributed by atoms with van der Waals surface area (Å²) < 4.78 is 5.44. The summed E-state index contributed by atoms with van der Waals surface area (Å²) in [6, 6.07) is 21.9. The first-order valence-corrected chi connectivity index (χ1v) is 9.97. The van der Waals surface area contributed by atoms with Gasteiger partial charge in [-0.2, -0.15) is 0 Å². The van der Waals surface area contributed by atoms with E-state index in [4.69, 9.17) is 4.74 Å². The van der Waals surface area contributed by atoms with E-state index in [-0.39, 0.29) is 11.7 Å². The first-order chi connectivity index (χ1) is 14.5. The maximum atomic E-state index is 12.8. The van der Waals surface area contributed by atoms with Gasteiger partial charge in [0, 0.05) is 13.1 Å². The molecule has 1 aliphatic heterocycles. The summed E-state index contributed by atoms with van der Waals surface area (Å²) in [6.07, 6.45) is -0.0408. The zero-order valence-electron chi connectivity index (χ0n) is 16.7. The summed E-state index contributed by atoms with van der Waals surface area (Å²) in [5, 5.41) is 9.40. The van der Waals surface area contributed by atoms with Gasteiger partial charge < -0.3 is 14.7 Å². The van der Waals surface area contributed by atoms with E-state index >= 15 is 0 Å². The third kappa shape index (κ3) is 4.20. The Morgan fingerprint density at radius 3 is 2.17 bits per heavy atom. The molecule has 30 heavy (non-hydrogen) atoms. The van der Waals surface area contributed by atoms with E-state index in [1.165, 1.54) is 5.56 Å². The lowest BCUT2D eigenvalue weighted by atomic mass is 9.99. The van der Waals surface area contributed by atoms with Crippen molar-refractivity contribution in [3.63, 3.8) is 0 Å². The number of ether oxygens (including phenoxy) is 1. The number of hydrogen-bond acceptors (Lipinski definition) is 4. The summed E-state index contributed by atoms with van der Waals surface area (Å²) in [5.41, 5.74) is 4.64. The zero-order valence-corrected chi connectivity index (χ0v) is 16.7. The van der Waals surface area contributed by atoms with E-state index in [2.05, 4.69) is 6.07 Å². The third-order valence-corrected chi connectivity index (χ3v) is 5.40. The zero-order chi connectivity index (χ0) is 21.1. The standard InChI is InChI=1S/C25H23NO4/c1-17(24(28)26-15-14-18-4-2-3-5-22(18)16-26)30-25(29)21-8-6-19(7-9-21)20-10-12-23(27)13-11-20/h2-13,17,27H,14-16H2,1H3/t17-/m1/s1. The van der Waals surface area contributed by atoms with Crippen LogP contribution in [0.2, 0.25) is 0 Å². The summed E-state index contributed by atoms with van der Waals surface area (Å²) in [6.45, 7) is 2.78. The fourth-order valence-electron chi connectivity index (χ4n) is 3.67. The molecule has 3 aromatic carbocycles. The van der Waals surface area contributed by atoms with Gasteiger partial charge >= 0.3 is 5.97 Å². The van der Waals surface area contributed by atoms with Crippen LogP contribution in [0.25, 0.3) is 11.1 Å². The Balaban J connectivity index is 1.38. The Hall–Kier alpha value is -3.60. The van der Waals surface area contributed by atoms with Gasteiger partial charge in [0.05, 0.1) is 5.56 Å². The van der Waals surface area contributed by atoms with E-state index in [0.29, 0.717) is 18.7 Å². The van der Waals surface area contributed by atoms with Gasteiger partial charge in [-0.25, -0.2) is 4.79 Å². The molecule has 5 heteroatoms. The molecule has 0 aliphatic carbocycles. The van der Waals surface area contributed by atoms with Crippen molar-refractivity contribution in [1.29, 1.82) is 0 Å². The number of phenolic OH excluding ortho intramolecular Hbond substituents is 1. The lowest BCUT2D eigenvalue weighted by Crippen LogP contribution is -2.42. The average molecular weight is 401 g/mol. The van der Waals surface area contributed by atoms with Gasteiger partial charge in [-0.3, -0.25) is 4.79 Å². The highest BCUT2D eigenvalue weighted by Gasteiger charge is 2.27. The van der Waals surface area contributed by atoms with Crippen molar-refractivity contribution in [2.24, 2.45) is 0 Å². The monoisotopic (exact) mass is 401 g/mol. The van der Waals surface area contributed by atoms with Gasteiger partial charge in [0.1, 0.15) is 5.75 Å². The van der Waals surface area contributed by atoms with Crippen LogP contribution < -0.4 is 0 Å². The van der Waals surface area contributed by atoms with Crippen LogP contribution in [0.4, 0.5) is 0 Å². The summed E-state index contributed by atoms with van der Waals surface area (Å²) in [7, 11) is 0. The molecule has 1 amide bonds. The number of carbonyl (C=O) groups is 2. The summed E-state index contributed by atoms with van der Waals surface area (Å²) >= 11 is 0. The molecule has 3 aromatic rings. The number of fused-ring (bicyclic) bond motifs is 1. The van der Waals surface area contributed by atoms with Crippen LogP contribution in [0.3, 0.4) is 0 Å². The van der Waals surface area contributed by atoms with Crippen LogP contribution in [0, 0.1) is 0 Å². The fraction of sp³-hybridized carbons (Fsp3) is 0.200. The van der Waals surface area contributed by atoms with Crippen molar-refractivity contribution in [3.05, 3.63) is 89.5 Å². The summed E-state index contributed by atoms with van der Waals surface area (Å²) in [5.74, 6) is -0.501. The van der Waals surface area contributed by atoms with E-state index < -0.39 is 12.1 Å². The summed E-state index contributed by atoms with van der Waals surface area (Å²) in [4.78, 5) is 27.0. The number of nitrogens with zero attached hydrogens (tertiary/aromatic N) is 1. The van der Waals surface area contributed by atoms with E-state index in [1.807, 2.05) is 30.3 Å². The highest BCUT2D eigenvalue weighted by atomic mass is 16.5. The Bertz CT molecular complexity index is 1060. The molecule has 4 rings (SSSR count). The van der Waals surface area contributed by atoms with E-state index in [9.17, 15) is 14.7 Å². The second-order valence-electron chi connectivity index (χ2n) is 7.45. The van der Waals surface area contributed by atoms with Crippen LogP contribution in [0.5, 0.6) is 5.75 Å². The molecule has 0 unspecified atom stereocenters. The Labute approximate surface area is 175 Å². The number of phenols is 1. The quantitative estimate of drug-likeness (QED) is 0.666. The van der Waals surface area contributed by atoms with Crippen LogP contribution in [-0.4, -0.2) is 34.5 Å². The van der Waals surface area contributed by atoms with E-state index in [1.54, 1.807) is 48.2 Å². The first-order valence-electron chi connectivity index (χ1n) is 9.97. The maximum Gasteiger partial charge on any atom is 0.338 e. The Morgan fingerprint density at radius 2 is 1.50 bits per heavy atom. The maximum absolute atomic E-state index is 12.8. The van der Waals surface area contributed by atoms with Crippen LogP contribution in [0.15, 0.2) is 72.8 Å². The molecule has 0 aromatic heterocycles. The number of amides is 1. The molecule has 0 fully saturated rings. The highest BCUT2D eigenvalue weighted by Crippen LogP contribution is 2.23. The van der Waals surface area contributed by atoms with Gasteiger partial charge in [-0.1, -0.05) is 48.5 Å². The van der Waals surface area contributed by atoms with Crippen LogP contribution in [-0.2, 0) is 22.5 Å². The number of hydrogen-bond donors (Lipinski definition) is 1. The van der Waals surface area contributed by atoms with Gasteiger partial charge in [-0.05, 0) is 59.9 Å². The molecule has 0 saturated heterocycles. The second-order valence-corrected chi connectivity index (χ2v) is 7.45. The first kappa shape index (κ1) is 19.7. The molecule has 1 atom stereocenters. The Kier molecular flexibility index (Phi) is 5.53. The molecule has 0 spiro atoms. The van der Waals surface area contributed by atoms with Crippen LogP contribution in [0.1, 0.15) is 28.4 Å². The Morgan fingerprint density at radius 1 is 0.900 bits per heavy atom. The number of carbonyl (C=O) groups excluding carboxylic acids is 2. The number of aromatic hydroxyl groups is 1. The second kappa shape index (κ2) is 8.41.